The monoisotopic (exact) mass is 1520 g/mol. The number of rotatable bonds is 14. The molecular formula is C84H88Cl7N9O3. The Morgan fingerprint density at radius 3 is 1.24 bits per heavy atom. The Morgan fingerprint density at radius 1 is 0.427 bits per heavy atom. The Bertz CT molecular complexity index is 4540. The highest BCUT2D eigenvalue weighted by Crippen LogP contribution is 2.41. The number of halogens is 7. The standard InChI is InChI=1S/C30H32Cl3N3O.C30H26Cl3N3O.C24H30ClN3O/c2*1-19(21-7-3-2-4-8-21)34-30(37)28-25-10-6-5-9-22(17-20-11-13-23(31)14-12-20)29(25)36(35-28)27-16-15-24(32)18-26(27)33;1-16(18-7-3-2-4-8-18)26-24(29)23-21-10-6-5-9-19(22(21)27-28-23)15-17-11-13-20(25)14-12-17/h11-19,21H,2-10H2,1H3,(H,34,37);2-4,7-8,11-19H,5-6,9-10H2,1H3,(H,34,37);11-16,18H,2-10H2,1H3,(H,26,29)(H,27,28)/b2*22-17+;19-15+/t2*19-;16-/m001/s1. The van der Waals surface area contributed by atoms with Crippen LogP contribution >= 0.6 is 81.2 Å². The van der Waals surface area contributed by atoms with Crippen molar-refractivity contribution in [3.63, 3.8) is 0 Å². The van der Waals surface area contributed by atoms with Gasteiger partial charge in [-0.25, -0.2) is 9.36 Å². The quantitative estimate of drug-likeness (QED) is 0.0796. The molecule has 0 aliphatic heterocycles. The fourth-order valence-corrected chi connectivity index (χ4v) is 16.5. The zero-order chi connectivity index (χ0) is 72.1. The summed E-state index contributed by atoms with van der Waals surface area (Å²) in [5, 5.41) is 31.3. The van der Waals surface area contributed by atoms with Gasteiger partial charge in [0, 0.05) is 53.9 Å². The lowest BCUT2D eigenvalue weighted by atomic mass is 9.84. The summed E-state index contributed by atoms with van der Waals surface area (Å²) in [5.74, 6) is 0.790. The minimum Gasteiger partial charge on any atom is -0.348 e. The molecule has 14 rings (SSSR count). The van der Waals surface area contributed by atoms with Crippen LogP contribution in [0.2, 0.25) is 35.2 Å². The van der Waals surface area contributed by atoms with Crippen molar-refractivity contribution in [2.75, 3.05) is 0 Å². The number of H-pyrrole nitrogens is 1. The summed E-state index contributed by atoms with van der Waals surface area (Å²) in [5.41, 5.74) is 16.4. The highest BCUT2D eigenvalue weighted by Gasteiger charge is 2.33. The molecule has 0 radical (unpaired) electrons. The average molecular weight is 1520 g/mol. The number of fused-ring (bicyclic) bond motifs is 3. The molecule has 536 valence electrons. The van der Waals surface area contributed by atoms with E-state index in [1.807, 2.05) is 132 Å². The molecule has 2 fully saturated rings. The molecule has 5 aliphatic rings. The summed E-state index contributed by atoms with van der Waals surface area (Å²) in [7, 11) is 0. The van der Waals surface area contributed by atoms with Crippen molar-refractivity contribution < 1.29 is 14.4 Å². The number of carbonyl (C=O) groups excluding carboxylic acids is 3. The lowest BCUT2D eigenvalue weighted by Crippen LogP contribution is -2.39. The Labute approximate surface area is 640 Å². The molecule has 3 amide bonds. The number of amides is 3. The van der Waals surface area contributed by atoms with E-state index < -0.39 is 0 Å². The molecule has 19 heteroatoms. The van der Waals surface area contributed by atoms with Gasteiger partial charge in [-0.2, -0.15) is 15.3 Å². The fourth-order valence-electron chi connectivity index (χ4n) is 15.2. The summed E-state index contributed by atoms with van der Waals surface area (Å²) in [6.07, 6.45) is 30.2. The third-order valence-corrected chi connectivity index (χ3v) is 22.6. The van der Waals surface area contributed by atoms with Gasteiger partial charge in [-0.1, -0.05) is 186 Å². The Balaban J connectivity index is 0.000000147. The number of aromatic nitrogens is 6. The topological polar surface area (TPSA) is 152 Å². The summed E-state index contributed by atoms with van der Waals surface area (Å²) in [4.78, 5) is 40.3. The van der Waals surface area contributed by atoms with Crippen LogP contribution in [-0.2, 0) is 19.3 Å². The number of aromatic amines is 1. The van der Waals surface area contributed by atoms with Crippen LogP contribution < -0.4 is 16.0 Å². The zero-order valence-corrected chi connectivity index (χ0v) is 63.9. The van der Waals surface area contributed by atoms with Crippen LogP contribution in [0.3, 0.4) is 0 Å². The van der Waals surface area contributed by atoms with E-state index in [9.17, 15) is 14.4 Å². The highest BCUT2D eigenvalue weighted by molar-refractivity contribution is 6.36. The SMILES string of the molecule is C[C@@H](NC(=O)c1[nH]nc2c1CCCC/C2=C\c1ccc(Cl)cc1)C1CCCCC1.C[C@H](NC(=O)c1nn(-c2ccc(Cl)cc2Cl)c2c1CCCC/C2=C\c1ccc(Cl)cc1)C1CCCCC1.C[C@H](NC(=O)c1nn(-c2ccc(Cl)cc2Cl)c2c1CCCC/C2=C\c1ccc(Cl)cc1)c1ccccc1. The Kier molecular flexibility index (Phi) is 26.0. The van der Waals surface area contributed by atoms with Crippen molar-refractivity contribution in [1.82, 2.24) is 45.7 Å². The van der Waals surface area contributed by atoms with Crippen molar-refractivity contribution in [3.8, 4) is 11.4 Å². The molecule has 6 aromatic carbocycles. The maximum Gasteiger partial charge on any atom is 0.272 e. The first-order valence-corrected chi connectivity index (χ1v) is 39.2. The molecule has 3 heterocycles. The fraction of sp³-hybridized carbons (Fsp3) is 0.357. The predicted octanol–water partition coefficient (Wildman–Crippen LogP) is 23.4. The lowest BCUT2D eigenvalue weighted by molar-refractivity contribution is 0.0904. The number of hydrogen-bond acceptors (Lipinski definition) is 6. The van der Waals surface area contributed by atoms with Gasteiger partial charge in [0.05, 0.1) is 44.5 Å². The van der Waals surface area contributed by atoms with Crippen molar-refractivity contribution in [3.05, 3.63) is 248 Å². The third-order valence-electron chi connectivity index (χ3n) is 20.8. The van der Waals surface area contributed by atoms with Crippen LogP contribution in [0.5, 0.6) is 0 Å². The smallest absolute Gasteiger partial charge is 0.272 e. The Hall–Kier alpha value is -7.39. The van der Waals surface area contributed by atoms with E-state index in [1.54, 1.807) is 24.3 Å². The minimum absolute atomic E-state index is 0.00966. The van der Waals surface area contributed by atoms with Gasteiger partial charge in [0.2, 0.25) is 0 Å². The molecule has 2 saturated carbocycles. The molecule has 0 bridgehead atoms. The first-order valence-electron chi connectivity index (χ1n) is 36.5. The number of carbonyl (C=O) groups is 3. The van der Waals surface area contributed by atoms with Gasteiger partial charge in [-0.05, 0) is 265 Å². The van der Waals surface area contributed by atoms with Gasteiger partial charge in [-0.3, -0.25) is 19.5 Å². The molecule has 9 aromatic rings. The molecule has 0 spiro atoms. The van der Waals surface area contributed by atoms with E-state index in [0.717, 1.165) is 149 Å². The molecule has 3 atom stereocenters. The molecule has 0 unspecified atom stereocenters. The van der Waals surface area contributed by atoms with E-state index in [-0.39, 0.29) is 35.8 Å². The van der Waals surface area contributed by atoms with Crippen LogP contribution in [-0.4, -0.2) is 59.6 Å². The third kappa shape index (κ3) is 19.0. The molecule has 3 aromatic heterocycles. The summed E-state index contributed by atoms with van der Waals surface area (Å²) >= 11 is 44.0. The predicted molar refractivity (Wildman–Crippen MR) is 426 cm³/mol. The van der Waals surface area contributed by atoms with Crippen molar-refractivity contribution >= 4 is 134 Å². The zero-order valence-electron chi connectivity index (χ0n) is 58.6. The molecule has 103 heavy (non-hydrogen) atoms. The molecule has 5 aliphatic carbocycles. The second kappa shape index (κ2) is 35.6. The summed E-state index contributed by atoms with van der Waals surface area (Å²) < 4.78 is 3.66. The summed E-state index contributed by atoms with van der Waals surface area (Å²) in [6, 6.07) is 44.2. The number of nitrogens with zero attached hydrogens (tertiary/aromatic N) is 5. The van der Waals surface area contributed by atoms with Gasteiger partial charge < -0.3 is 16.0 Å². The number of nitrogens with one attached hydrogen (secondary N) is 4. The maximum absolute atomic E-state index is 13.7. The van der Waals surface area contributed by atoms with Gasteiger partial charge >= 0.3 is 0 Å². The second-order valence-corrected chi connectivity index (χ2v) is 31.0. The molecule has 4 N–H and O–H groups in total. The van der Waals surface area contributed by atoms with E-state index >= 15 is 0 Å². The van der Waals surface area contributed by atoms with Gasteiger partial charge in [0.25, 0.3) is 17.7 Å². The highest BCUT2D eigenvalue weighted by atomic mass is 35.5. The largest absolute Gasteiger partial charge is 0.348 e. The van der Waals surface area contributed by atoms with Crippen LogP contribution in [0.15, 0.2) is 140 Å². The van der Waals surface area contributed by atoms with Gasteiger partial charge in [0.1, 0.15) is 5.69 Å². The molecular weight excluding hydrogens is 1430 g/mol. The van der Waals surface area contributed by atoms with E-state index in [4.69, 9.17) is 91.4 Å². The van der Waals surface area contributed by atoms with E-state index in [0.29, 0.717) is 70.4 Å². The van der Waals surface area contributed by atoms with Crippen molar-refractivity contribution in [1.29, 1.82) is 0 Å². The number of benzene rings is 6. The van der Waals surface area contributed by atoms with E-state index in [2.05, 4.69) is 58.2 Å². The number of hydrogen-bond donors (Lipinski definition) is 4. The number of allylic oxidation sites excluding steroid dienone is 3. The van der Waals surface area contributed by atoms with Crippen molar-refractivity contribution in [2.45, 2.75) is 180 Å². The maximum atomic E-state index is 13.7. The second-order valence-electron chi connectivity index (χ2n) is 28.0. The molecule has 12 nitrogen and oxygen atoms in total. The first kappa shape index (κ1) is 75.3. The van der Waals surface area contributed by atoms with E-state index in [1.165, 1.54) is 69.8 Å². The van der Waals surface area contributed by atoms with Gasteiger partial charge in [-0.15, -0.1) is 0 Å². The van der Waals surface area contributed by atoms with Crippen molar-refractivity contribution in [2.24, 2.45) is 11.8 Å². The van der Waals surface area contributed by atoms with Crippen LogP contribution in [0, 0.1) is 11.8 Å². The Morgan fingerprint density at radius 2 is 0.806 bits per heavy atom. The lowest BCUT2D eigenvalue weighted by Gasteiger charge is -2.28. The minimum atomic E-state index is -0.204. The van der Waals surface area contributed by atoms with Crippen LogP contribution in [0.1, 0.15) is 236 Å². The van der Waals surface area contributed by atoms with Crippen LogP contribution in [0.4, 0.5) is 0 Å². The first-order chi connectivity index (χ1) is 49.9. The summed E-state index contributed by atoms with van der Waals surface area (Å²) in [6.45, 7) is 6.26. The molecule has 0 saturated heterocycles. The van der Waals surface area contributed by atoms with Gasteiger partial charge in [0.15, 0.2) is 11.4 Å². The normalized spacial score (nSPS) is 17.7. The average Bonchev–Trinajstić information content (AvgIpc) is 1.62. The van der Waals surface area contributed by atoms with Crippen LogP contribution in [0.25, 0.3) is 46.3 Å².